The number of ether oxygens (including phenoxy) is 1. The number of benzene rings is 1. The van der Waals surface area contributed by atoms with Crippen LogP contribution in [0.2, 0.25) is 5.02 Å². The predicted molar refractivity (Wildman–Crippen MR) is 89.9 cm³/mol. The summed E-state index contributed by atoms with van der Waals surface area (Å²) < 4.78 is 5.50. The number of carbonyl (C=O) groups is 1. The van der Waals surface area contributed by atoms with Gasteiger partial charge in [-0.05, 0) is 43.0 Å². The van der Waals surface area contributed by atoms with Crippen molar-refractivity contribution in [1.82, 2.24) is 15.2 Å². The summed E-state index contributed by atoms with van der Waals surface area (Å²) in [5, 5.41) is 17.0. The summed E-state index contributed by atoms with van der Waals surface area (Å²) in [7, 11) is 0. The van der Waals surface area contributed by atoms with Crippen LogP contribution in [-0.2, 0) is 11.2 Å². The van der Waals surface area contributed by atoms with E-state index < -0.39 is 5.97 Å². The van der Waals surface area contributed by atoms with Gasteiger partial charge in [-0.1, -0.05) is 18.5 Å². The fourth-order valence-electron chi connectivity index (χ4n) is 1.78. The summed E-state index contributed by atoms with van der Waals surface area (Å²) in [6.07, 6.45) is 2.20. The summed E-state index contributed by atoms with van der Waals surface area (Å²) in [5.41, 5.74) is 0.593. The first-order valence-corrected chi connectivity index (χ1v) is 8.19. The lowest BCUT2D eigenvalue weighted by molar-refractivity contribution is -0.131. The molecular weight excluding hydrogens is 338 g/mol. The van der Waals surface area contributed by atoms with Gasteiger partial charge in [0.05, 0.1) is 6.61 Å². The molecule has 0 bridgehead atoms. The van der Waals surface area contributed by atoms with Crippen LogP contribution in [0.3, 0.4) is 0 Å². The summed E-state index contributed by atoms with van der Waals surface area (Å²) >= 11 is 6.96. The van der Waals surface area contributed by atoms with Crippen molar-refractivity contribution in [2.45, 2.75) is 25.4 Å². The van der Waals surface area contributed by atoms with Gasteiger partial charge < -0.3 is 9.84 Å². The quantitative estimate of drug-likeness (QED) is 0.583. The van der Waals surface area contributed by atoms with Gasteiger partial charge in [0.15, 0.2) is 0 Å². The van der Waals surface area contributed by atoms with Crippen molar-refractivity contribution < 1.29 is 14.6 Å². The lowest BCUT2D eigenvalue weighted by Crippen LogP contribution is -1.99. The second-order valence-electron chi connectivity index (χ2n) is 4.45. The number of hydrogen-bond acceptors (Lipinski definition) is 5. The topological polar surface area (TPSA) is 88.1 Å². The highest BCUT2D eigenvalue weighted by molar-refractivity contribution is 8.04. The second-order valence-corrected chi connectivity index (χ2v) is 5.89. The number of aromatic nitrogens is 3. The Morgan fingerprint density at radius 1 is 1.48 bits per heavy atom. The molecule has 0 unspecified atom stereocenters. The Hall–Kier alpha value is -1.99. The summed E-state index contributed by atoms with van der Waals surface area (Å²) in [5.74, 6) is 0.204. The monoisotopic (exact) mass is 353 g/mol. The van der Waals surface area contributed by atoms with Crippen molar-refractivity contribution in [1.29, 1.82) is 0 Å². The van der Waals surface area contributed by atoms with E-state index in [0.29, 0.717) is 40.3 Å². The van der Waals surface area contributed by atoms with E-state index in [0.717, 1.165) is 11.8 Å². The first-order chi connectivity index (χ1) is 11.0. The molecule has 0 saturated heterocycles. The number of aliphatic carboxylic acids is 1. The van der Waals surface area contributed by atoms with Gasteiger partial charge in [-0.25, -0.2) is 9.78 Å². The van der Waals surface area contributed by atoms with Crippen molar-refractivity contribution in [3.63, 3.8) is 0 Å². The average molecular weight is 354 g/mol. The van der Waals surface area contributed by atoms with Crippen LogP contribution in [0.1, 0.15) is 25.2 Å². The predicted octanol–water partition coefficient (Wildman–Crippen LogP) is 3.64. The smallest absolute Gasteiger partial charge is 0.342 e. The van der Waals surface area contributed by atoms with Crippen LogP contribution >= 0.6 is 23.4 Å². The lowest BCUT2D eigenvalue weighted by Gasteiger charge is -2.08. The van der Waals surface area contributed by atoms with Crippen molar-refractivity contribution in [2.24, 2.45) is 0 Å². The molecule has 1 aromatic heterocycles. The van der Waals surface area contributed by atoms with Gasteiger partial charge in [0.2, 0.25) is 5.16 Å². The van der Waals surface area contributed by atoms with E-state index in [-0.39, 0.29) is 4.91 Å². The van der Waals surface area contributed by atoms with Crippen LogP contribution in [0.25, 0.3) is 6.08 Å². The lowest BCUT2D eigenvalue weighted by atomic mass is 10.2. The number of H-pyrrole nitrogens is 1. The van der Waals surface area contributed by atoms with Crippen LogP contribution in [0.15, 0.2) is 28.3 Å². The molecule has 0 aliphatic carbocycles. The van der Waals surface area contributed by atoms with E-state index in [9.17, 15) is 9.90 Å². The molecule has 0 saturated carbocycles. The Balaban J connectivity index is 2.35. The Labute approximate surface area is 142 Å². The zero-order valence-electron chi connectivity index (χ0n) is 12.7. The first-order valence-electron chi connectivity index (χ1n) is 7.00. The second kappa shape index (κ2) is 8.03. The van der Waals surface area contributed by atoms with Crippen LogP contribution in [0.5, 0.6) is 5.75 Å². The highest BCUT2D eigenvalue weighted by Crippen LogP contribution is 2.30. The van der Waals surface area contributed by atoms with E-state index in [1.54, 1.807) is 18.2 Å². The molecule has 2 N–H and O–H groups in total. The van der Waals surface area contributed by atoms with Gasteiger partial charge >= 0.3 is 5.97 Å². The standard InChI is InChI=1S/C15H16ClN3O3S/c1-3-13-17-15(19-18-13)23-12(14(20)21)8-9-7-10(16)5-6-11(9)22-4-2/h5-8H,3-4H2,1-2H3,(H,20,21)(H,17,18,19)/b12-8-. The number of halogens is 1. The Bertz CT molecular complexity index is 731. The molecule has 6 nitrogen and oxygen atoms in total. The molecule has 0 aliphatic rings. The van der Waals surface area contributed by atoms with Crippen LogP contribution in [0, 0.1) is 0 Å². The van der Waals surface area contributed by atoms with Crippen molar-refractivity contribution in [3.8, 4) is 5.75 Å². The number of carboxylic acid groups (broad SMARTS) is 1. The van der Waals surface area contributed by atoms with Gasteiger partial charge in [-0.3, -0.25) is 5.10 Å². The molecular formula is C15H16ClN3O3S. The Morgan fingerprint density at radius 3 is 2.87 bits per heavy atom. The number of nitrogens with zero attached hydrogens (tertiary/aromatic N) is 2. The highest BCUT2D eigenvalue weighted by Gasteiger charge is 2.15. The van der Waals surface area contributed by atoms with Gasteiger partial charge in [-0.2, -0.15) is 0 Å². The van der Waals surface area contributed by atoms with Crippen LogP contribution < -0.4 is 4.74 Å². The number of thioether (sulfide) groups is 1. The maximum Gasteiger partial charge on any atom is 0.342 e. The third-order valence-corrected chi connectivity index (χ3v) is 3.93. The van der Waals surface area contributed by atoms with Gasteiger partial charge in [0.1, 0.15) is 16.5 Å². The third kappa shape index (κ3) is 4.74. The summed E-state index contributed by atoms with van der Waals surface area (Å²) in [6, 6.07) is 5.07. The van der Waals surface area contributed by atoms with Crippen LogP contribution in [-0.4, -0.2) is 32.9 Å². The van der Waals surface area contributed by atoms with E-state index in [2.05, 4.69) is 15.2 Å². The number of aryl methyl sites for hydroxylation is 1. The fraction of sp³-hybridized carbons (Fsp3) is 0.267. The highest BCUT2D eigenvalue weighted by atomic mass is 35.5. The minimum atomic E-state index is -1.07. The van der Waals surface area contributed by atoms with Gasteiger partial charge in [0.25, 0.3) is 0 Å². The fourth-order valence-corrected chi connectivity index (χ4v) is 2.67. The summed E-state index contributed by atoms with van der Waals surface area (Å²) in [4.78, 5) is 15.8. The molecule has 1 aromatic carbocycles. The van der Waals surface area contributed by atoms with Crippen molar-refractivity contribution >= 4 is 35.4 Å². The molecule has 8 heteroatoms. The molecule has 0 fully saturated rings. The maximum absolute atomic E-state index is 11.5. The molecule has 0 aliphatic heterocycles. The van der Waals surface area contributed by atoms with E-state index in [1.165, 1.54) is 6.08 Å². The number of aromatic amines is 1. The Morgan fingerprint density at radius 2 is 2.26 bits per heavy atom. The van der Waals surface area contributed by atoms with E-state index >= 15 is 0 Å². The average Bonchev–Trinajstić information content (AvgIpc) is 2.97. The van der Waals surface area contributed by atoms with E-state index in [1.807, 2.05) is 13.8 Å². The number of hydrogen-bond donors (Lipinski definition) is 2. The first kappa shape index (κ1) is 17.4. The van der Waals surface area contributed by atoms with Gasteiger partial charge in [0, 0.05) is 17.0 Å². The van der Waals surface area contributed by atoms with Gasteiger partial charge in [-0.15, -0.1) is 5.10 Å². The van der Waals surface area contributed by atoms with Crippen LogP contribution in [0.4, 0.5) is 0 Å². The molecule has 0 atom stereocenters. The molecule has 23 heavy (non-hydrogen) atoms. The zero-order valence-corrected chi connectivity index (χ0v) is 14.2. The minimum absolute atomic E-state index is 0.0786. The Kier molecular flexibility index (Phi) is 6.06. The third-order valence-electron chi connectivity index (χ3n) is 2.82. The van der Waals surface area contributed by atoms with Crippen molar-refractivity contribution in [2.75, 3.05) is 6.61 Å². The molecule has 2 rings (SSSR count). The van der Waals surface area contributed by atoms with Crippen molar-refractivity contribution in [3.05, 3.63) is 39.5 Å². The number of rotatable bonds is 7. The zero-order chi connectivity index (χ0) is 16.8. The SMILES string of the molecule is CCOc1ccc(Cl)cc1/C=C(\Sc1n[nH]c(CC)n1)C(=O)O. The molecule has 0 amide bonds. The molecule has 0 spiro atoms. The number of nitrogens with one attached hydrogen (secondary N) is 1. The molecule has 122 valence electrons. The maximum atomic E-state index is 11.5. The molecule has 1 heterocycles. The largest absolute Gasteiger partial charge is 0.493 e. The summed E-state index contributed by atoms with van der Waals surface area (Å²) in [6.45, 7) is 4.26. The number of carboxylic acids is 1. The van der Waals surface area contributed by atoms with E-state index in [4.69, 9.17) is 16.3 Å². The molecule has 2 aromatic rings. The molecule has 0 radical (unpaired) electrons. The minimum Gasteiger partial charge on any atom is -0.493 e. The normalized spacial score (nSPS) is 11.5.